The summed E-state index contributed by atoms with van der Waals surface area (Å²) in [5.41, 5.74) is 1.01. The van der Waals surface area contributed by atoms with Gasteiger partial charge in [-0.3, -0.25) is 0 Å². The van der Waals surface area contributed by atoms with Gasteiger partial charge in [-0.1, -0.05) is 25.1 Å². The molecule has 0 aliphatic heterocycles. The molecule has 19 heavy (non-hydrogen) atoms. The molecule has 0 saturated heterocycles. The van der Waals surface area contributed by atoms with Crippen molar-refractivity contribution >= 4 is 0 Å². The number of aliphatic hydroxyl groups excluding tert-OH is 1. The Bertz CT molecular complexity index is 511. The molecule has 5 nitrogen and oxygen atoms in total. The standard InChI is InChI=1S/C14H19N3O2/c1-2-8-17-14(15-11-16-17)10-19-13-6-4-3-5-12(13)7-9-18/h3-6,11,18H,2,7-10H2,1H3. The van der Waals surface area contributed by atoms with E-state index in [2.05, 4.69) is 17.0 Å². The molecule has 0 bridgehead atoms. The minimum Gasteiger partial charge on any atom is -0.485 e. The normalized spacial score (nSPS) is 10.6. The highest BCUT2D eigenvalue weighted by Crippen LogP contribution is 2.19. The van der Waals surface area contributed by atoms with Gasteiger partial charge < -0.3 is 9.84 Å². The van der Waals surface area contributed by atoms with Crippen LogP contribution in [0, 0.1) is 0 Å². The van der Waals surface area contributed by atoms with E-state index in [-0.39, 0.29) is 6.61 Å². The number of benzene rings is 1. The molecule has 2 rings (SSSR count). The van der Waals surface area contributed by atoms with Gasteiger partial charge in [0, 0.05) is 13.2 Å². The van der Waals surface area contributed by atoms with Crippen LogP contribution in [0.5, 0.6) is 5.75 Å². The van der Waals surface area contributed by atoms with E-state index < -0.39 is 0 Å². The maximum Gasteiger partial charge on any atom is 0.164 e. The summed E-state index contributed by atoms with van der Waals surface area (Å²) in [7, 11) is 0. The molecule has 0 amide bonds. The highest BCUT2D eigenvalue weighted by molar-refractivity contribution is 5.33. The average Bonchev–Trinajstić information content (AvgIpc) is 2.86. The molecule has 1 aromatic carbocycles. The summed E-state index contributed by atoms with van der Waals surface area (Å²) in [5.74, 6) is 1.61. The molecule has 0 aliphatic rings. The van der Waals surface area contributed by atoms with Crippen LogP contribution in [0.1, 0.15) is 24.7 Å². The Morgan fingerprint density at radius 3 is 2.95 bits per heavy atom. The number of hydrogen-bond donors (Lipinski definition) is 1. The third-order valence-electron chi connectivity index (χ3n) is 2.84. The van der Waals surface area contributed by atoms with Crippen LogP contribution in [0.15, 0.2) is 30.6 Å². The van der Waals surface area contributed by atoms with Crippen molar-refractivity contribution in [2.75, 3.05) is 6.61 Å². The second-order valence-electron chi connectivity index (χ2n) is 4.27. The number of nitrogens with zero attached hydrogens (tertiary/aromatic N) is 3. The molecule has 0 aliphatic carbocycles. The summed E-state index contributed by atoms with van der Waals surface area (Å²) in [6.07, 6.45) is 3.16. The van der Waals surface area contributed by atoms with Crippen molar-refractivity contribution < 1.29 is 9.84 Å². The van der Waals surface area contributed by atoms with Crippen LogP contribution < -0.4 is 4.74 Å². The van der Waals surface area contributed by atoms with E-state index in [1.807, 2.05) is 28.9 Å². The molecule has 5 heteroatoms. The first kappa shape index (κ1) is 13.5. The van der Waals surface area contributed by atoms with Gasteiger partial charge in [-0.2, -0.15) is 5.10 Å². The van der Waals surface area contributed by atoms with Crippen molar-refractivity contribution in [3.63, 3.8) is 0 Å². The van der Waals surface area contributed by atoms with Gasteiger partial charge in [0.05, 0.1) is 0 Å². The van der Waals surface area contributed by atoms with Gasteiger partial charge >= 0.3 is 0 Å². The lowest BCUT2D eigenvalue weighted by atomic mass is 10.1. The molecule has 0 unspecified atom stereocenters. The van der Waals surface area contributed by atoms with Crippen LogP contribution in [0.4, 0.5) is 0 Å². The molecule has 0 fully saturated rings. The first-order valence-electron chi connectivity index (χ1n) is 6.53. The third kappa shape index (κ3) is 3.54. The van der Waals surface area contributed by atoms with E-state index >= 15 is 0 Å². The lowest BCUT2D eigenvalue weighted by Crippen LogP contribution is -2.09. The number of aromatic nitrogens is 3. The van der Waals surface area contributed by atoms with Crippen molar-refractivity contribution in [3.05, 3.63) is 42.0 Å². The largest absolute Gasteiger partial charge is 0.485 e. The van der Waals surface area contributed by atoms with Crippen LogP contribution in [0.25, 0.3) is 0 Å². The Kier molecular flexibility index (Phi) is 4.92. The van der Waals surface area contributed by atoms with Gasteiger partial charge in [0.15, 0.2) is 5.82 Å². The highest BCUT2D eigenvalue weighted by atomic mass is 16.5. The van der Waals surface area contributed by atoms with Crippen molar-refractivity contribution in [1.29, 1.82) is 0 Å². The number of para-hydroxylation sites is 1. The van der Waals surface area contributed by atoms with Crippen molar-refractivity contribution in [2.45, 2.75) is 32.9 Å². The Morgan fingerprint density at radius 1 is 1.32 bits per heavy atom. The van der Waals surface area contributed by atoms with Crippen molar-refractivity contribution in [3.8, 4) is 5.75 Å². The fourth-order valence-electron chi connectivity index (χ4n) is 1.91. The molecule has 2 aromatic rings. The second kappa shape index (κ2) is 6.89. The minimum atomic E-state index is 0.117. The van der Waals surface area contributed by atoms with E-state index in [0.717, 1.165) is 30.1 Å². The van der Waals surface area contributed by atoms with Crippen LogP contribution in [-0.4, -0.2) is 26.5 Å². The van der Waals surface area contributed by atoms with Crippen molar-refractivity contribution in [1.82, 2.24) is 14.8 Å². The fraction of sp³-hybridized carbons (Fsp3) is 0.429. The quantitative estimate of drug-likeness (QED) is 0.825. The van der Waals surface area contributed by atoms with Crippen LogP contribution >= 0.6 is 0 Å². The SMILES string of the molecule is CCCn1ncnc1COc1ccccc1CCO. The maximum atomic E-state index is 9.03. The lowest BCUT2D eigenvalue weighted by Gasteiger charge is -2.11. The van der Waals surface area contributed by atoms with Crippen molar-refractivity contribution in [2.24, 2.45) is 0 Å². The van der Waals surface area contributed by atoms with Gasteiger partial charge in [-0.15, -0.1) is 0 Å². The number of ether oxygens (including phenoxy) is 1. The van der Waals surface area contributed by atoms with E-state index in [1.165, 1.54) is 0 Å². The summed E-state index contributed by atoms with van der Waals surface area (Å²) in [4.78, 5) is 4.20. The fourth-order valence-corrected chi connectivity index (χ4v) is 1.91. The summed E-state index contributed by atoms with van der Waals surface area (Å²) >= 11 is 0. The molecule has 102 valence electrons. The number of rotatable bonds is 7. The zero-order chi connectivity index (χ0) is 13.5. The molecule has 0 saturated carbocycles. The van der Waals surface area contributed by atoms with Gasteiger partial charge in [-0.05, 0) is 24.5 Å². The van der Waals surface area contributed by atoms with Gasteiger partial charge in [0.25, 0.3) is 0 Å². The summed E-state index contributed by atoms with van der Waals surface area (Å²) in [6, 6.07) is 7.73. The van der Waals surface area contributed by atoms with E-state index in [1.54, 1.807) is 6.33 Å². The zero-order valence-electron chi connectivity index (χ0n) is 11.1. The predicted molar refractivity (Wildman–Crippen MR) is 71.9 cm³/mol. The zero-order valence-corrected chi connectivity index (χ0v) is 11.1. The first-order chi connectivity index (χ1) is 9.35. The molecule has 0 spiro atoms. The molecule has 1 N–H and O–H groups in total. The monoisotopic (exact) mass is 261 g/mol. The predicted octanol–water partition coefficient (Wildman–Crippen LogP) is 1.80. The molecular formula is C14H19N3O2. The number of aliphatic hydroxyl groups is 1. The summed E-state index contributed by atoms with van der Waals surface area (Å²) < 4.78 is 7.64. The van der Waals surface area contributed by atoms with E-state index in [0.29, 0.717) is 13.0 Å². The smallest absolute Gasteiger partial charge is 0.164 e. The Balaban J connectivity index is 2.03. The highest BCUT2D eigenvalue weighted by Gasteiger charge is 2.07. The Labute approximate surface area is 112 Å². The molecule has 1 heterocycles. The average molecular weight is 261 g/mol. The van der Waals surface area contributed by atoms with E-state index in [9.17, 15) is 0 Å². The third-order valence-corrected chi connectivity index (χ3v) is 2.84. The lowest BCUT2D eigenvalue weighted by molar-refractivity contribution is 0.273. The minimum absolute atomic E-state index is 0.117. The van der Waals surface area contributed by atoms with E-state index in [4.69, 9.17) is 9.84 Å². The first-order valence-corrected chi connectivity index (χ1v) is 6.53. The Hall–Kier alpha value is -1.88. The van der Waals surface area contributed by atoms with Crippen LogP contribution in [0.2, 0.25) is 0 Å². The maximum absolute atomic E-state index is 9.03. The second-order valence-corrected chi connectivity index (χ2v) is 4.27. The Morgan fingerprint density at radius 2 is 2.16 bits per heavy atom. The van der Waals surface area contributed by atoms with Crippen LogP contribution in [-0.2, 0) is 19.6 Å². The molecular weight excluding hydrogens is 242 g/mol. The van der Waals surface area contributed by atoms with Crippen LogP contribution in [0.3, 0.4) is 0 Å². The number of aryl methyl sites for hydroxylation is 1. The van der Waals surface area contributed by atoms with Gasteiger partial charge in [0.2, 0.25) is 0 Å². The summed E-state index contributed by atoms with van der Waals surface area (Å²) in [5, 5.41) is 13.2. The van der Waals surface area contributed by atoms with Gasteiger partial charge in [-0.25, -0.2) is 9.67 Å². The summed E-state index contributed by atoms with van der Waals surface area (Å²) in [6.45, 7) is 3.45. The molecule has 0 atom stereocenters. The van der Waals surface area contributed by atoms with Gasteiger partial charge in [0.1, 0.15) is 18.7 Å². The molecule has 0 radical (unpaired) electrons. The molecule has 1 aromatic heterocycles. The number of hydrogen-bond acceptors (Lipinski definition) is 4. The topological polar surface area (TPSA) is 60.2 Å².